The van der Waals surface area contributed by atoms with E-state index in [1.165, 1.54) is 156 Å². The van der Waals surface area contributed by atoms with Crippen LogP contribution in [0.1, 0.15) is 177 Å². The maximum atomic E-state index is 11.1. The fourth-order valence-corrected chi connectivity index (χ4v) is 14.8. The van der Waals surface area contributed by atoms with Crippen LogP contribution in [0.4, 0.5) is 0 Å². The number of hydrogen-bond acceptors (Lipinski definition) is 4. The number of hydrogen-bond donors (Lipinski definition) is 2. The van der Waals surface area contributed by atoms with Crippen molar-refractivity contribution >= 4 is 40.8 Å². The Balaban J connectivity index is 0.000000520. The first-order chi connectivity index (χ1) is 23.8. The molecular weight excluding hydrogens is 664 g/mol. The smallest absolute Gasteiger partial charge is 0.336 e. The van der Waals surface area contributed by atoms with E-state index in [2.05, 4.69) is 27.7 Å². The van der Waals surface area contributed by atoms with Gasteiger partial charge in [-0.1, -0.05) is 72.0 Å². The molecule has 0 aromatic heterocycles. The van der Waals surface area contributed by atoms with E-state index in [-0.39, 0.29) is 11.1 Å². The molecule has 2 N–H and O–H groups in total. The molecule has 0 aliphatic rings. The maximum Gasteiger partial charge on any atom is 0.336 e. The minimum Gasteiger partial charge on any atom is -0.478 e. The van der Waals surface area contributed by atoms with Gasteiger partial charge in [-0.25, -0.2) is 9.59 Å². The predicted molar refractivity (Wildman–Crippen MR) is 221 cm³/mol. The summed E-state index contributed by atoms with van der Waals surface area (Å²) in [4.78, 5) is 23.4. The second kappa shape index (κ2) is 30.2. The first-order valence-corrected chi connectivity index (χ1v) is 24.8. The molecule has 0 bridgehead atoms. The van der Waals surface area contributed by atoms with Crippen molar-refractivity contribution in [3.63, 3.8) is 0 Å². The number of benzene rings is 2. The second-order valence-electron chi connectivity index (χ2n) is 13.9. The largest absolute Gasteiger partial charge is 0.478 e. The van der Waals surface area contributed by atoms with E-state index in [1.54, 1.807) is 67.5 Å². The van der Waals surface area contributed by atoms with Gasteiger partial charge in [0, 0.05) is 9.79 Å². The van der Waals surface area contributed by atoms with Crippen molar-refractivity contribution in [3.05, 3.63) is 59.7 Å². The van der Waals surface area contributed by atoms with Gasteiger partial charge < -0.3 is 10.2 Å². The third-order valence-electron chi connectivity index (χ3n) is 9.70. The van der Waals surface area contributed by atoms with Crippen LogP contribution in [-0.2, 0) is 0 Å². The molecule has 0 aliphatic carbocycles. The Hall–Kier alpha value is -1.49. The van der Waals surface area contributed by atoms with Crippen LogP contribution in [-0.4, -0.2) is 46.8 Å². The maximum absolute atomic E-state index is 11.1. The summed E-state index contributed by atoms with van der Waals surface area (Å²) in [5.41, 5.74) is 0.413. The van der Waals surface area contributed by atoms with Crippen LogP contribution in [0.25, 0.3) is 0 Å². The fraction of sp³-hybridized carbons (Fsp3) is 0.667. The average Bonchev–Trinajstić information content (AvgIpc) is 3.11. The fourth-order valence-electron chi connectivity index (χ4n) is 6.62. The number of unbranched alkanes of at least 4 members (excludes halogenated alkanes) is 16. The summed E-state index contributed by atoms with van der Waals surface area (Å²) in [6.45, 7) is 9.49. The van der Waals surface area contributed by atoms with Gasteiger partial charge in [0.1, 0.15) is 0 Å². The van der Waals surface area contributed by atoms with Gasteiger partial charge in [0.2, 0.25) is 0 Å². The Labute approximate surface area is 309 Å². The zero-order chi connectivity index (χ0) is 36.0. The van der Waals surface area contributed by atoms with E-state index >= 15 is 0 Å². The monoisotopic (exact) mass is 734 g/mol. The molecule has 4 nitrogen and oxygen atoms in total. The zero-order valence-electron chi connectivity index (χ0n) is 31.6. The van der Waals surface area contributed by atoms with Crippen molar-refractivity contribution in [3.8, 4) is 0 Å². The third-order valence-corrected chi connectivity index (χ3v) is 17.8. The van der Waals surface area contributed by atoms with Crippen molar-refractivity contribution < 1.29 is 19.8 Å². The Kier molecular flexibility index (Phi) is 28.0. The van der Waals surface area contributed by atoms with E-state index in [1.807, 2.05) is 0 Å². The number of rotatable bonds is 29. The molecule has 0 saturated carbocycles. The van der Waals surface area contributed by atoms with Crippen molar-refractivity contribution in [1.29, 1.82) is 0 Å². The van der Waals surface area contributed by atoms with Crippen LogP contribution in [0.5, 0.6) is 0 Å². The van der Waals surface area contributed by atoms with E-state index < -0.39 is 19.2 Å². The molecule has 0 fully saturated rings. The Bertz CT molecular complexity index is 1050. The molecule has 0 radical (unpaired) electrons. The van der Waals surface area contributed by atoms with Gasteiger partial charge in [-0.3, -0.25) is 0 Å². The van der Waals surface area contributed by atoms with Crippen LogP contribution in [0, 0.1) is 0 Å². The molecule has 7 heteroatoms. The molecular formula is C42H71O4PS2. The van der Waals surface area contributed by atoms with Gasteiger partial charge >= 0.3 is 174 Å². The van der Waals surface area contributed by atoms with Crippen LogP contribution >= 0.6 is 28.9 Å². The molecule has 280 valence electrons. The normalized spacial score (nSPS) is 11.6. The summed E-state index contributed by atoms with van der Waals surface area (Å²) in [7, 11) is 1.50. The number of carboxylic acid groups (broad SMARTS) is 2. The molecule has 49 heavy (non-hydrogen) atoms. The summed E-state index contributed by atoms with van der Waals surface area (Å²) in [6.07, 6.45) is 36.2. The standard InChI is InChI=1S/C28H61P.C14H10O4S2/c1-5-9-13-14-15-16-17-18-19-20-21-22-23-24-28-29(25-10-6-2,26-11-7-3)27-12-8-4;15-13(16)9-5-1-3-7-11(9)19-20-12-8-4-2-6-10(12)14(17)18/h29H,5-28H2,1-4H3;1-8H,(H,15,16)(H,17,18). The first-order valence-electron chi connectivity index (χ1n) is 19.8. The van der Waals surface area contributed by atoms with E-state index in [0.717, 1.165) is 0 Å². The minimum atomic E-state index is -1.000. The molecule has 0 aliphatic heterocycles. The van der Waals surface area contributed by atoms with Crippen LogP contribution in [0.15, 0.2) is 58.3 Å². The van der Waals surface area contributed by atoms with Crippen LogP contribution < -0.4 is 0 Å². The first kappa shape index (κ1) is 45.5. The second-order valence-corrected chi connectivity index (χ2v) is 21.1. The Morgan fingerprint density at radius 1 is 0.449 bits per heavy atom. The predicted octanol–water partition coefficient (Wildman–Crippen LogP) is 14.5. The van der Waals surface area contributed by atoms with E-state index in [9.17, 15) is 9.59 Å². The Morgan fingerprint density at radius 2 is 0.735 bits per heavy atom. The number of carboxylic acids is 2. The number of aromatic carboxylic acids is 2. The molecule has 0 unspecified atom stereocenters. The van der Waals surface area contributed by atoms with Gasteiger partial charge in [-0.15, -0.1) is 0 Å². The van der Waals surface area contributed by atoms with Crippen molar-refractivity contribution in [2.45, 2.75) is 166 Å². The van der Waals surface area contributed by atoms with E-state index in [4.69, 9.17) is 10.2 Å². The quantitative estimate of drug-likeness (QED) is 0.0492. The van der Waals surface area contributed by atoms with E-state index in [0.29, 0.717) is 9.79 Å². The summed E-state index contributed by atoms with van der Waals surface area (Å²) in [5, 5.41) is 18.2. The summed E-state index contributed by atoms with van der Waals surface area (Å²) in [5.74, 6) is -2.00. The molecule has 0 amide bonds. The minimum absolute atomic E-state index is 0.206. The zero-order valence-corrected chi connectivity index (χ0v) is 34.2. The van der Waals surface area contributed by atoms with Gasteiger partial charge in [-0.2, -0.15) is 0 Å². The van der Waals surface area contributed by atoms with Crippen molar-refractivity contribution in [1.82, 2.24) is 0 Å². The van der Waals surface area contributed by atoms with Crippen molar-refractivity contribution in [2.24, 2.45) is 0 Å². The topological polar surface area (TPSA) is 74.6 Å². The third kappa shape index (κ3) is 21.5. The molecule has 2 aromatic carbocycles. The summed E-state index contributed by atoms with van der Waals surface area (Å²) in [6, 6.07) is 13.3. The van der Waals surface area contributed by atoms with Crippen LogP contribution in [0.3, 0.4) is 0 Å². The SMILES string of the molecule is CCCCCCCCCCCCCCCC[PH](CCCC)(CCCC)CCCC.O=C(O)c1ccccc1SSc1ccccc1C(=O)O. The van der Waals surface area contributed by atoms with Gasteiger partial charge in [0.05, 0.1) is 11.1 Å². The average molecular weight is 735 g/mol. The van der Waals surface area contributed by atoms with Gasteiger partial charge in [0.25, 0.3) is 0 Å². The van der Waals surface area contributed by atoms with Gasteiger partial charge in [-0.05, 0) is 24.3 Å². The molecule has 0 heterocycles. The Morgan fingerprint density at radius 3 is 1.06 bits per heavy atom. The molecule has 0 saturated heterocycles. The molecule has 0 spiro atoms. The summed E-state index contributed by atoms with van der Waals surface area (Å²) >= 11 is 0. The molecule has 2 aromatic rings. The number of carbonyl (C=O) groups is 2. The molecule has 0 atom stereocenters. The summed E-state index contributed by atoms with van der Waals surface area (Å²) < 4.78 is 0. The van der Waals surface area contributed by atoms with Gasteiger partial charge in [0.15, 0.2) is 0 Å². The van der Waals surface area contributed by atoms with Crippen LogP contribution in [0.2, 0.25) is 0 Å². The molecule has 2 rings (SSSR count). The van der Waals surface area contributed by atoms with Crippen molar-refractivity contribution in [2.75, 3.05) is 24.6 Å².